The molecule has 4 nitrogen and oxygen atoms in total. The Balaban J connectivity index is 3.06. The molecular formula is C11H15Cl2NO3S. The van der Waals surface area contributed by atoms with Crippen LogP contribution in [0.4, 0.5) is 0 Å². The van der Waals surface area contributed by atoms with E-state index in [2.05, 4.69) is 4.72 Å². The molecule has 7 heteroatoms. The number of aliphatic hydroxyl groups is 1. The van der Waals surface area contributed by atoms with E-state index in [-0.39, 0.29) is 27.5 Å². The van der Waals surface area contributed by atoms with Crippen molar-refractivity contribution < 1.29 is 13.5 Å². The van der Waals surface area contributed by atoms with E-state index in [4.69, 9.17) is 28.3 Å². The van der Waals surface area contributed by atoms with Gasteiger partial charge in [-0.1, -0.05) is 37.0 Å². The molecule has 0 aliphatic heterocycles. The number of benzene rings is 1. The lowest BCUT2D eigenvalue weighted by Crippen LogP contribution is -2.41. The Bertz CT molecular complexity index is 497. The van der Waals surface area contributed by atoms with Gasteiger partial charge in [0.25, 0.3) is 0 Å². The lowest BCUT2D eigenvalue weighted by atomic mass is 10.1. The molecule has 0 aliphatic rings. The van der Waals surface area contributed by atoms with Crippen LogP contribution in [0.1, 0.15) is 13.8 Å². The summed E-state index contributed by atoms with van der Waals surface area (Å²) in [4.78, 5) is -0.0147. The van der Waals surface area contributed by atoms with Gasteiger partial charge in [-0.2, -0.15) is 0 Å². The van der Waals surface area contributed by atoms with Crippen LogP contribution in [-0.2, 0) is 10.0 Å². The van der Waals surface area contributed by atoms with Crippen LogP contribution < -0.4 is 4.72 Å². The van der Waals surface area contributed by atoms with Crippen molar-refractivity contribution in [3.8, 4) is 0 Å². The first-order valence-electron chi connectivity index (χ1n) is 5.35. The van der Waals surface area contributed by atoms with Crippen molar-refractivity contribution in [3.05, 3.63) is 28.2 Å². The van der Waals surface area contributed by atoms with Crippen molar-refractivity contribution in [2.24, 2.45) is 5.92 Å². The standard InChI is InChI=1S/C11H15Cl2NO3S/c1-7(2)11(6-15)14-18(16,17)10-4-8(12)3-9(13)5-10/h3-5,7,11,14-15H,6H2,1-2H3. The lowest BCUT2D eigenvalue weighted by Gasteiger charge is -2.19. The molecule has 0 bridgehead atoms. The van der Waals surface area contributed by atoms with Crippen LogP contribution in [0.3, 0.4) is 0 Å². The minimum atomic E-state index is -3.74. The van der Waals surface area contributed by atoms with E-state index in [0.717, 1.165) is 0 Å². The number of nitrogens with one attached hydrogen (secondary N) is 1. The molecule has 1 aromatic carbocycles. The summed E-state index contributed by atoms with van der Waals surface area (Å²) in [6.45, 7) is 3.36. The Morgan fingerprint density at radius 2 is 1.72 bits per heavy atom. The molecule has 18 heavy (non-hydrogen) atoms. The average molecular weight is 312 g/mol. The largest absolute Gasteiger partial charge is 0.395 e. The summed E-state index contributed by atoms with van der Waals surface area (Å²) in [5, 5.41) is 9.62. The molecule has 0 aliphatic carbocycles. The molecule has 0 spiro atoms. The second-order valence-corrected chi connectivity index (χ2v) is 6.85. The van der Waals surface area contributed by atoms with Gasteiger partial charge in [-0.25, -0.2) is 13.1 Å². The molecular weight excluding hydrogens is 297 g/mol. The maximum Gasteiger partial charge on any atom is 0.241 e. The van der Waals surface area contributed by atoms with E-state index in [1.165, 1.54) is 18.2 Å². The third kappa shape index (κ3) is 4.10. The predicted octanol–water partition coefficient (Wildman–Crippen LogP) is 2.29. The molecule has 1 unspecified atom stereocenters. The summed E-state index contributed by atoms with van der Waals surface area (Å²) in [5.74, 6) is -0.0283. The molecule has 0 heterocycles. The fourth-order valence-corrected chi connectivity index (χ4v) is 3.44. The maximum atomic E-state index is 12.1. The van der Waals surface area contributed by atoms with Gasteiger partial charge in [0.15, 0.2) is 0 Å². The highest BCUT2D eigenvalue weighted by Gasteiger charge is 2.22. The second kappa shape index (κ2) is 6.21. The van der Waals surface area contributed by atoms with E-state index in [9.17, 15) is 8.42 Å². The Morgan fingerprint density at radius 3 is 2.11 bits per heavy atom. The Hall–Kier alpha value is -0.330. The number of sulfonamides is 1. The van der Waals surface area contributed by atoms with E-state index < -0.39 is 16.1 Å². The van der Waals surface area contributed by atoms with Crippen molar-refractivity contribution in [2.45, 2.75) is 24.8 Å². The van der Waals surface area contributed by atoms with Crippen molar-refractivity contribution in [1.29, 1.82) is 0 Å². The highest BCUT2D eigenvalue weighted by molar-refractivity contribution is 7.89. The zero-order chi connectivity index (χ0) is 13.9. The van der Waals surface area contributed by atoms with Crippen molar-refractivity contribution in [1.82, 2.24) is 4.72 Å². The minimum Gasteiger partial charge on any atom is -0.395 e. The van der Waals surface area contributed by atoms with Crippen molar-refractivity contribution in [2.75, 3.05) is 6.61 Å². The first-order chi connectivity index (χ1) is 8.26. The van der Waals surface area contributed by atoms with Gasteiger partial charge in [0.2, 0.25) is 10.0 Å². The summed E-state index contributed by atoms with van der Waals surface area (Å²) in [6.07, 6.45) is 0. The number of aliphatic hydroxyl groups excluding tert-OH is 1. The van der Waals surface area contributed by atoms with E-state index in [1.807, 2.05) is 13.8 Å². The average Bonchev–Trinajstić information content (AvgIpc) is 2.24. The maximum absolute atomic E-state index is 12.1. The summed E-state index contributed by atoms with van der Waals surface area (Å²) < 4.78 is 26.6. The third-order valence-corrected chi connectivity index (χ3v) is 4.36. The zero-order valence-electron chi connectivity index (χ0n) is 10.0. The van der Waals surface area contributed by atoms with Gasteiger partial charge >= 0.3 is 0 Å². The first kappa shape index (κ1) is 15.7. The summed E-state index contributed by atoms with van der Waals surface area (Å²) >= 11 is 11.5. The molecule has 0 radical (unpaired) electrons. The van der Waals surface area contributed by atoms with E-state index in [0.29, 0.717) is 0 Å². The first-order valence-corrected chi connectivity index (χ1v) is 7.59. The number of rotatable bonds is 5. The smallest absolute Gasteiger partial charge is 0.241 e. The van der Waals surface area contributed by atoms with Gasteiger partial charge in [0.05, 0.1) is 11.5 Å². The summed E-state index contributed by atoms with van der Waals surface area (Å²) in [6, 6.07) is 3.52. The van der Waals surface area contributed by atoms with Gasteiger partial charge in [-0.3, -0.25) is 0 Å². The highest BCUT2D eigenvalue weighted by atomic mass is 35.5. The fourth-order valence-electron chi connectivity index (χ4n) is 1.34. The number of hydrogen-bond acceptors (Lipinski definition) is 3. The molecule has 0 fully saturated rings. The van der Waals surface area contributed by atoms with Gasteiger partial charge in [0, 0.05) is 16.1 Å². The Kier molecular flexibility index (Phi) is 5.43. The normalized spacial score (nSPS) is 13.9. The van der Waals surface area contributed by atoms with Crippen LogP contribution in [0.5, 0.6) is 0 Å². The molecule has 102 valence electrons. The van der Waals surface area contributed by atoms with Crippen molar-refractivity contribution in [3.63, 3.8) is 0 Å². The quantitative estimate of drug-likeness (QED) is 0.876. The van der Waals surface area contributed by atoms with Crippen LogP contribution in [0.2, 0.25) is 10.0 Å². The van der Waals surface area contributed by atoms with Crippen LogP contribution in [0, 0.1) is 5.92 Å². The van der Waals surface area contributed by atoms with Crippen LogP contribution in [0.15, 0.2) is 23.1 Å². The molecule has 0 saturated heterocycles. The molecule has 0 aromatic heterocycles. The molecule has 1 aromatic rings. The third-order valence-electron chi connectivity index (χ3n) is 2.45. The second-order valence-electron chi connectivity index (χ2n) is 4.26. The molecule has 0 saturated carbocycles. The van der Waals surface area contributed by atoms with Crippen LogP contribution >= 0.6 is 23.2 Å². The van der Waals surface area contributed by atoms with Crippen LogP contribution in [-0.4, -0.2) is 26.2 Å². The molecule has 2 N–H and O–H groups in total. The molecule has 1 atom stereocenters. The zero-order valence-corrected chi connectivity index (χ0v) is 12.4. The van der Waals surface area contributed by atoms with Gasteiger partial charge in [-0.05, 0) is 24.1 Å². The van der Waals surface area contributed by atoms with Gasteiger partial charge in [0.1, 0.15) is 0 Å². The predicted molar refractivity (Wildman–Crippen MR) is 72.5 cm³/mol. The lowest BCUT2D eigenvalue weighted by molar-refractivity contribution is 0.227. The molecule has 0 amide bonds. The molecule has 1 rings (SSSR count). The fraction of sp³-hybridized carbons (Fsp3) is 0.455. The van der Waals surface area contributed by atoms with Crippen LogP contribution in [0.25, 0.3) is 0 Å². The van der Waals surface area contributed by atoms with Crippen molar-refractivity contribution >= 4 is 33.2 Å². The Labute approximate surface area is 117 Å². The highest BCUT2D eigenvalue weighted by Crippen LogP contribution is 2.22. The van der Waals surface area contributed by atoms with Gasteiger partial charge < -0.3 is 5.11 Å². The topological polar surface area (TPSA) is 66.4 Å². The summed E-state index contributed by atoms with van der Waals surface area (Å²) in [7, 11) is -3.74. The summed E-state index contributed by atoms with van der Waals surface area (Å²) in [5.41, 5.74) is 0. The van der Waals surface area contributed by atoms with E-state index >= 15 is 0 Å². The minimum absolute atomic E-state index is 0.0147. The number of halogens is 2. The Morgan fingerprint density at radius 1 is 1.22 bits per heavy atom. The monoisotopic (exact) mass is 311 g/mol. The SMILES string of the molecule is CC(C)C(CO)NS(=O)(=O)c1cc(Cl)cc(Cl)c1. The number of hydrogen-bond donors (Lipinski definition) is 2. The van der Waals surface area contributed by atoms with E-state index in [1.54, 1.807) is 0 Å². The van der Waals surface area contributed by atoms with Gasteiger partial charge in [-0.15, -0.1) is 0 Å².